The summed E-state index contributed by atoms with van der Waals surface area (Å²) in [6, 6.07) is 0. The van der Waals surface area contributed by atoms with Gasteiger partial charge in [-0.2, -0.15) is 0 Å². The molecule has 0 aliphatic carbocycles. The van der Waals surface area contributed by atoms with E-state index in [2.05, 4.69) is 12.2 Å². The van der Waals surface area contributed by atoms with Crippen LogP contribution in [0.3, 0.4) is 0 Å². The van der Waals surface area contributed by atoms with Crippen molar-refractivity contribution in [1.29, 1.82) is 0 Å². The van der Waals surface area contributed by atoms with Gasteiger partial charge in [-0.25, -0.2) is 0 Å². The molecule has 0 radical (unpaired) electrons. The number of hydrogen-bond acceptors (Lipinski definition) is 4. The molecule has 16 heavy (non-hydrogen) atoms. The van der Waals surface area contributed by atoms with Crippen molar-refractivity contribution >= 4 is 19.4 Å². The summed E-state index contributed by atoms with van der Waals surface area (Å²) < 4.78 is 23.8. The standard InChI is InChI=1S/C11H21O3PS/c1-9(2)13-15(12,14-10(3)4)11-7-5-6-8-16-11/h5-6,9-11H,7-8H2,1-4H3/t11-/m1/s1. The molecule has 0 aromatic rings. The maximum Gasteiger partial charge on any atom is 0.344 e. The molecule has 1 heterocycles. The van der Waals surface area contributed by atoms with Crippen molar-refractivity contribution in [1.82, 2.24) is 0 Å². The fourth-order valence-corrected chi connectivity index (χ4v) is 5.36. The Morgan fingerprint density at radius 1 is 1.19 bits per heavy atom. The third kappa shape index (κ3) is 4.25. The summed E-state index contributed by atoms with van der Waals surface area (Å²) in [5.74, 6) is 0.886. The predicted molar refractivity (Wildman–Crippen MR) is 70.1 cm³/mol. The van der Waals surface area contributed by atoms with E-state index in [4.69, 9.17) is 9.05 Å². The molecular weight excluding hydrogens is 243 g/mol. The Bertz CT molecular complexity index is 275. The van der Waals surface area contributed by atoms with Crippen LogP contribution in [-0.2, 0) is 13.6 Å². The smallest absolute Gasteiger partial charge is 0.305 e. The zero-order valence-electron chi connectivity index (χ0n) is 10.4. The van der Waals surface area contributed by atoms with Gasteiger partial charge in [-0.3, -0.25) is 4.57 Å². The first-order valence-corrected chi connectivity index (χ1v) is 8.33. The van der Waals surface area contributed by atoms with Crippen LogP contribution in [0.4, 0.5) is 0 Å². The molecule has 0 bridgehead atoms. The number of hydrogen-bond donors (Lipinski definition) is 0. The fourth-order valence-electron chi connectivity index (χ4n) is 1.48. The van der Waals surface area contributed by atoms with Crippen molar-refractivity contribution in [3.8, 4) is 0 Å². The van der Waals surface area contributed by atoms with Crippen LogP contribution in [0.2, 0.25) is 0 Å². The van der Waals surface area contributed by atoms with Gasteiger partial charge in [-0.1, -0.05) is 12.2 Å². The van der Waals surface area contributed by atoms with Crippen LogP contribution in [0.5, 0.6) is 0 Å². The fraction of sp³-hybridized carbons (Fsp3) is 0.818. The minimum absolute atomic E-state index is 0.0534. The molecule has 94 valence electrons. The topological polar surface area (TPSA) is 35.5 Å². The Morgan fingerprint density at radius 2 is 1.75 bits per heavy atom. The second-order valence-electron chi connectivity index (χ2n) is 4.34. The zero-order valence-corrected chi connectivity index (χ0v) is 12.1. The van der Waals surface area contributed by atoms with Gasteiger partial charge in [0, 0.05) is 5.75 Å². The maximum atomic E-state index is 12.7. The highest BCUT2D eigenvalue weighted by Crippen LogP contribution is 2.60. The minimum atomic E-state index is -3.00. The van der Waals surface area contributed by atoms with Crippen LogP contribution < -0.4 is 0 Å². The Labute approximate surface area is 103 Å². The molecule has 0 aromatic carbocycles. The van der Waals surface area contributed by atoms with Crippen LogP contribution in [0.25, 0.3) is 0 Å². The van der Waals surface area contributed by atoms with Crippen molar-refractivity contribution in [2.24, 2.45) is 0 Å². The molecule has 1 aliphatic rings. The van der Waals surface area contributed by atoms with Crippen molar-refractivity contribution in [2.75, 3.05) is 5.75 Å². The monoisotopic (exact) mass is 264 g/mol. The van der Waals surface area contributed by atoms with E-state index in [-0.39, 0.29) is 17.2 Å². The van der Waals surface area contributed by atoms with Crippen molar-refractivity contribution in [3.05, 3.63) is 12.2 Å². The summed E-state index contributed by atoms with van der Waals surface area (Å²) >= 11 is 1.65. The first-order chi connectivity index (χ1) is 7.44. The van der Waals surface area contributed by atoms with Crippen LogP contribution >= 0.6 is 19.4 Å². The summed E-state index contributed by atoms with van der Waals surface area (Å²) in [6.07, 6.45) is 4.77. The van der Waals surface area contributed by atoms with Gasteiger partial charge in [0.15, 0.2) is 0 Å². The Hall–Kier alpha value is 0.240. The molecule has 0 saturated carbocycles. The van der Waals surface area contributed by atoms with E-state index in [1.807, 2.05) is 27.7 Å². The molecule has 0 unspecified atom stereocenters. The van der Waals surface area contributed by atoms with Crippen molar-refractivity contribution in [3.63, 3.8) is 0 Å². The van der Waals surface area contributed by atoms with E-state index in [1.54, 1.807) is 11.8 Å². The van der Waals surface area contributed by atoms with Crippen LogP contribution in [-0.4, -0.2) is 23.0 Å². The average Bonchev–Trinajstić information content (AvgIpc) is 2.16. The normalized spacial score (nSPS) is 22.0. The minimum Gasteiger partial charge on any atom is -0.305 e. The van der Waals surface area contributed by atoms with E-state index in [0.717, 1.165) is 12.2 Å². The molecule has 0 aromatic heterocycles. The lowest BCUT2D eigenvalue weighted by molar-refractivity contribution is 0.141. The number of allylic oxidation sites excluding steroid dienone is 1. The van der Waals surface area contributed by atoms with Crippen LogP contribution in [0, 0.1) is 0 Å². The summed E-state index contributed by atoms with van der Waals surface area (Å²) in [4.78, 5) is -0.0534. The highest BCUT2D eigenvalue weighted by Gasteiger charge is 2.38. The SMILES string of the molecule is CC(C)OP(=O)(OC(C)C)[C@H]1CC=CCS1. The van der Waals surface area contributed by atoms with Crippen molar-refractivity contribution < 1.29 is 13.6 Å². The Morgan fingerprint density at radius 3 is 2.12 bits per heavy atom. The average molecular weight is 264 g/mol. The molecule has 0 saturated heterocycles. The lowest BCUT2D eigenvalue weighted by Gasteiger charge is -2.29. The first-order valence-electron chi connectivity index (χ1n) is 5.67. The molecule has 0 N–H and O–H groups in total. The third-order valence-electron chi connectivity index (χ3n) is 1.96. The highest BCUT2D eigenvalue weighted by molar-refractivity contribution is 8.05. The van der Waals surface area contributed by atoms with Crippen molar-refractivity contribution in [2.45, 2.75) is 51.3 Å². The molecule has 1 atom stereocenters. The van der Waals surface area contributed by atoms with E-state index in [0.29, 0.717) is 0 Å². The van der Waals surface area contributed by atoms with Crippen LogP contribution in [0.1, 0.15) is 34.1 Å². The van der Waals surface area contributed by atoms with Gasteiger partial charge in [0.25, 0.3) is 0 Å². The number of thioether (sulfide) groups is 1. The summed E-state index contributed by atoms with van der Waals surface area (Å²) in [5, 5.41) is 0. The second kappa shape index (κ2) is 6.25. The predicted octanol–water partition coefficient (Wildman–Crippen LogP) is 4.05. The molecule has 5 heteroatoms. The molecule has 1 aliphatic heterocycles. The van der Waals surface area contributed by atoms with E-state index in [1.165, 1.54) is 0 Å². The van der Waals surface area contributed by atoms with Crippen LogP contribution in [0.15, 0.2) is 12.2 Å². The number of rotatable bonds is 5. The Balaban J connectivity index is 2.76. The molecule has 1 rings (SSSR count). The summed E-state index contributed by atoms with van der Waals surface area (Å²) in [7, 11) is -3.00. The first kappa shape index (κ1) is 14.3. The van der Waals surface area contributed by atoms with Gasteiger partial charge in [0.05, 0.1) is 12.2 Å². The van der Waals surface area contributed by atoms with Gasteiger partial charge in [-0.15, -0.1) is 11.8 Å². The molecule has 0 spiro atoms. The molecule has 0 amide bonds. The lowest BCUT2D eigenvalue weighted by atomic mass is 10.4. The highest BCUT2D eigenvalue weighted by atomic mass is 32.2. The molecule has 3 nitrogen and oxygen atoms in total. The van der Waals surface area contributed by atoms with Gasteiger partial charge >= 0.3 is 7.60 Å². The van der Waals surface area contributed by atoms with E-state index < -0.39 is 7.60 Å². The van der Waals surface area contributed by atoms with Gasteiger partial charge < -0.3 is 9.05 Å². The zero-order chi connectivity index (χ0) is 12.2. The van der Waals surface area contributed by atoms with Gasteiger partial charge in [-0.05, 0) is 34.1 Å². The maximum absolute atomic E-state index is 12.7. The largest absolute Gasteiger partial charge is 0.344 e. The van der Waals surface area contributed by atoms with E-state index in [9.17, 15) is 4.57 Å². The lowest BCUT2D eigenvalue weighted by Crippen LogP contribution is -2.17. The molecular formula is C11H21O3PS. The third-order valence-corrected chi connectivity index (χ3v) is 6.49. The summed E-state index contributed by atoms with van der Waals surface area (Å²) in [5.41, 5.74) is 0. The van der Waals surface area contributed by atoms with E-state index >= 15 is 0 Å². The quantitative estimate of drug-likeness (QED) is 0.554. The van der Waals surface area contributed by atoms with Gasteiger partial charge in [0.2, 0.25) is 0 Å². The summed E-state index contributed by atoms with van der Waals surface area (Å²) in [6.45, 7) is 7.55. The second-order valence-corrected chi connectivity index (χ2v) is 8.05. The van der Waals surface area contributed by atoms with Gasteiger partial charge in [0.1, 0.15) is 4.99 Å². The molecule has 0 fully saturated rings. The Kier molecular flexibility index (Phi) is 5.58.